The molecule has 11 heteroatoms. The highest BCUT2D eigenvalue weighted by molar-refractivity contribution is 7.89. The summed E-state index contributed by atoms with van der Waals surface area (Å²) in [6.07, 6.45) is 7.79. The van der Waals surface area contributed by atoms with Crippen LogP contribution in [0.4, 0.5) is 0 Å². The van der Waals surface area contributed by atoms with Crippen molar-refractivity contribution in [2.75, 3.05) is 0 Å². The number of nitrogens with one attached hydrogen (secondary N) is 2. The van der Waals surface area contributed by atoms with Crippen molar-refractivity contribution in [2.24, 2.45) is 13.0 Å². The molecule has 0 spiro atoms. The molecule has 1 saturated carbocycles. The summed E-state index contributed by atoms with van der Waals surface area (Å²) in [6.45, 7) is 2.12. The molecular weight excluding hydrogens is 380 g/mol. The first-order valence-electron chi connectivity index (χ1n) is 9.10. The molecule has 1 aliphatic rings. The first-order valence-corrected chi connectivity index (χ1v) is 10.6. The van der Waals surface area contributed by atoms with E-state index in [2.05, 4.69) is 36.9 Å². The monoisotopic (exact) mass is 400 g/mol. The number of aromatic nitrogens is 7. The van der Waals surface area contributed by atoms with Gasteiger partial charge in [0, 0.05) is 31.4 Å². The van der Waals surface area contributed by atoms with Crippen molar-refractivity contribution in [3.05, 3.63) is 36.7 Å². The molecule has 28 heavy (non-hydrogen) atoms. The van der Waals surface area contributed by atoms with Gasteiger partial charge in [0.25, 0.3) is 0 Å². The number of hydrogen-bond acceptors (Lipinski definition) is 6. The van der Waals surface area contributed by atoms with Crippen molar-refractivity contribution in [2.45, 2.75) is 36.6 Å². The molecule has 1 fully saturated rings. The lowest BCUT2D eigenvalue weighted by Crippen LogP contribution is -2.33. The summed E-state index contributed by atoms with van der Waals surface area (Å²) in [7, 11) is -1.90. The number of H-pyrrole nitrogens is 1. The van der Waals surface area contributed by atoms with Gasteiger partial charge in [-0.25, -0.2) is 18.1 Å². The Balaban J connectivity index is 1.45. The van der Waals surface area contributed by atoms with E-state index in [1.807, 2.05) is 16.7 Å². The van der Waals surface area contributed by atoms with E-state index in [1.165, 1.54) is 17.1 Å². The van der Waals surface area contributed by atoms with Crippen LogP contribution in [0.1, 0.15) is 31.5 Å². The van der Waals surface area contributed by atoms with Crippen LogP contribution in [0.15, 0.2) is 35.7 Å². The minimum atomic E-state index is -3.60. The van der Waals surface area contributed by atoms with E-state index in [0.717, 1.165) is 23.4 Å². The zero-order valence-corrected chi connectivity index (χ0v) is 16.3. The fraction of sp³-hybridized carbons (Fsp3) is 0.412. The van der Waals surface area contributed by atoms with Crippen molar-refractivity contribution >= 4 is 26.8 Å². The first-order chi connectivity index (χ1) is 13.4. The van der Waals surface area contributed by atoms with E-state index in [0.29, 0.717) is 12.1 Å². The summed E-state index contributed by atoms with van der Waals surface area (Å²) in [4.78, 5) is 7.63. The Kier molecular flexibility index (Phi) is 3.78. The van der Waals surface area contributed by atoms with Gasteiger partial charge in [-0.2, -0.15) is 5.10 Å². The number of fused-ring (bicyclic) bond motifs is 3. The first kappa shape index (κ1) is 17.3. The fourth-order valence-corrected chi connectivity index (χ4v) is 5.41. The summed E-state index contributed by atoms with van der Waals surface area (Å²) < 4.78 is 31.6. The van der Waals surface area contributed by atoms with Crippen molar-refractivity contribution in [3.63, 3.8) is 0 Å². The molecule has 146 valence electrons. The zero-order valence-electron chi connectivity index (χ0n) is 15.4. The third-order valence-electron chi connectivity index (χ3n) is 5.49. The van der Waals surface area contributed by atoms with Gasteiger partial charge in [0.05, 0.1) is 17.9 Å². The van der Waals surface area contributed by atoms with Gasteiger partial charge in [-0.3, -0.25) is 9.08 Å². The Morgan fingerprint density at radius 1 is 1.25 bits per heavy atom. The number of aryl methyl sites for hydroxylation is 1. The third kappa shape index (κ3) is 2.69. The van der Waals surface area contributed by atoms with Crippen LogP contribution in [0.5, 0.6) is 0 Å². The maximum absolute atomic E-state index is 12.6. The van der Waals surface area contributed by atoms with Gasteiger partial charge in [0.1, 0.15) is 10.7 Å². The van der Waals surface area contributed by atoms with Crippen molar-refractivity contribution in [1.82, 2.24) is 39.1 Å². The summed E-state index contributed by atoms with van der Waals surface area (Å²) in [5.74, 6) is 1.20. The second-order valence-electron chi connectivity index (χ2n) is 7.44. The smallest absolute Gasteiger partial charge is 0.243 e. The molecule has 2 N–H and O–H groups in total. The topological polar surface area (TPSA) is 123 Å². The Labute approximate surface area is 161 Å². The molecule has 3 atom stereocenters. The van der Waals surface area contributed by atoms with Gasteiger partial charge in [-0.05, 0) is 24.8 Å². The van der Waals surface area contributed by atoms with Gasteiger partial charge in [0.2, 0.25) is 10.0 Å². The average Bonchev–Trinajstić information content (AvgIpc) is 3.39. The van der Waals surface area contributed by atoms with E-state index in [4.69, 9.17) is 0 Å². The Morgan fingerprint density at radius 2 is 2.11 bits per heavy atom. The molecule has 5 rings (SSSR count). The minimum Gasteiger partial charge on any atom is -0.345 e. The molecule has 4 aromatic heterocycles. The Bertz CT molecular complexity index is 1270. The quantitative estimate of drug-likeness (QED) is 0.531. The van der Waals surface area contributed by atoms with Gasteiger partial charge in [0.15, 0.2) is 11.3 Å². The molecule has 4 aromatic rings. The molecule has 1 aliphatic carbocycles. The Hall–Kier alpha value is -2.79. The van der Waals surface area contributed by atoms with E-state index in [1.54, 1.807) is 13.2 Å². The maximum Gasteiger partial charge on any atom is 0.243 e. The van der Waals surface area contributed by atoms with Crippen LogP contribution >= 0.6 is 0 Å². The molecule has 0 radical (unpaired) electrons. The fourth-order valence-electron chi connectivity index (χ4n) is 4.17. The Morgan fingerprint density at radius 3 is 2.89 bits per heavy atom. The lowest BCUT2D eigenvalue weighted by molar-refractivity contribution is 0.505. The number of nitrogens with zero attached hydrogens (tertiary/aromatic N) is 6. The van der Waals surface area contributed by atoms with Crippen LogP contribution in [0, 0.1) is 5.92 Å². The largest absolute Gasteiger partial charge is 0.345 e. The molecule has 0 amide bonds. The highest BCUT2D eigenvalue weighted by Gasteiger charge is 2.37. The second-order valence-corrected chi connectivity index (χ2v) is 9.16. The summed E-state index contributed by atoms with van der Waals surface area (Å²) in [5, 5.41) is 12.6. The minimum absolute atomic E-state index is 0.0945. The molecule has 0 aromatic carbocycles. The van der Waals surface area contributed by atoms with Crippen LogP contribution in [-0.4, -0.2) is 48.8 Å². The number of rotatable bonds is 4. The van der Waals surface area contributed by atoms with Gasteiger partial charge in [-0.1, -0.05) is 6.92 Å². The third-order valence-corrected chi connectivity index (χ3v) is 6.97. The number of sulfonamides is 1. The van der Waals surface area contributed by atoms with E-state index >= 15 is 0 Å². The highest BCUT2D eigenvalue weighted by Crippen LogP contribution is 2.39. The second kappa shape index (κ2) is 6.11. The summed E-state index contributed by atoms with van der Waals surface area (Å²) in [6, 6.07) is 1.78. The van der Waals surface area contributed by atoms with Gasteiger partial charge in [-0.15, -0.1) is 10.2 Å². The summed E-state index contributed by atoms with van der Waals surface area (Å²) in [5.41, 5.74) is 2.38. The van der Waals surface area contributed by atoms with Crippen LogP contribution in [0.25, 0.3) is 16.8 Å². The maximum atomic E-state index is 12.6. The van der Waals surface area contributed by atoms with Crippen LogP contribution in [0.2, 0.25) is 0 Å². The van der Waals surface area contributed by atoms with E-state index in [-0.39, 0.29) is 22.8 Å². The van der Waals surface area contributed by atoms with Crippen molar-refractivity contribution < 1.29 is 8.42 Å². The van der Waals surface area contributed by atoms with Crippen LogP contribution in [-0.2, 0) is 17.1 Å². The van der Waals surface area contributed by atoms with Gasteiger partial charge >= 0.3 is 0 Å². The standard InChI is InChI=1S/C17H20N8O2S/c1-10-5-11(23-28(26,27)12-7-20-24(2)9-12)6-13(10)17-22-21-15-8-19-16-14(25(15)17)3-4-18-16/h3-4,7-11,13,18,23H,5-6H2,1-2H3. The average molecular weight is 400 g/mol. The SMILES string of the molecule is CC1CC(NS(=O)(=O)c2cnn(C)c2)CC1c1nnc2cnc3[nH]ccc3n12. The van der Waals surface area contributed by atoms with Crippen LogP contribution in [0.3, 0.4) is 0 Å². The molecular formula is C17H20N8O2S. The number of hydrogen-bond donors (Lipinski definition) is 2. The molecule has 0 aliphatic heterocycles. The van der Waals surface area contributed by atoms with Crippen molar-refractivity contribution in [1.29, 1.82) is 0 Å². The van der Waals surface area contributed by atoms with E-state index in [9.17, 15) is 8.42 Å². The summed E-state index contributed by atoms with van der Waals surface area (Å²) >= 11 is 0. The normalized spacial score (nSPS) is 23.1. The molecule has 4 heterocycles. The van der Waals surface area contributed by atoms with Crippen LogP contribution < -0.4 is 4.72 Å². The molecule has 10 nitrogen and oxygen atoms in total. The predicted octanol–water partition coefficient (Wildman–Crippen LogP) is 1.20. The van der Waals surface area contributed by atoms with Gasteiger partial charge < -0.3 is 4.98 Å². The lowest BCUT2D eigenvalue weighted by Gasteiger charge is -2.13. The molecule has 3 unspecified atom stereocenters. The predicted molar refractivity (Wildman–Crippen MR) is 101 cm³/mol. The number of aromatic amines is 1. The highest BCUT2D eigenvalue weighted by atomic mass is 32.2. The lowest BCUT2D eigenvalue weighted by atomic mass is 9.97. The molecule has 0 bridgehead atoms. The zero-order chi connectivity index (χ0) is 19.5. The molecule has 0 saturated heterocycles. The van der Waals surface area contributed by atoms with Crippen molar-refractivity contribution in [3.8, 4) is 0 Å². The van der Waals surface area contributed by atoms with E-state index < -0.39 is 10.0 Å².